The van der Waals surface area contributed by atoms with Crippen LogP contribution in [0.3, 0.4) is 0 Å². The van der Waals surface area contributed by atoms with Crippen molar-refractivity contribution in [1.82, 2.24) is 14.4 Å². The van der Waals surface area contributed by atoms with Gasteiger partial charge >= 0.3 is 6.16 Å². The Labute approximate surface area is 158 Å². The number of rotatable bonds is 7. The molecule has 0 saturated carbocycles. The molecule has 0 saturated heterocycles. The minimum absolute atomic E-state index is 0.133. The molecule has 1 aromatic carbocycles. The molecule has 0 aliphatic carbocycles. The van der Waals surface area contributed by atoms with Crippen molar-refractivity contribution in [3.8, 4) is 5.88 Å². The van der Waals surface area contributed by atoms with Crippen molar-refractivity contribution in [2.45, 2.75) is 39.5 Å². The lowest BCUT2D eigenvalue weighted by Crippen LogP contribution is -2.18. The van der Waals surface area contributed by atoms with E-state index in [2.05, 4.69) is 18.8 Å². The molecule has 7 nitrogen and oxygen atoms in total. The molecule has 2 aromatic heterocycles. The van der Waals surface area contributed by atoms with Crippen molar-refractivity contribution < 1.29 is 19.0 Å². The molecule has 1 unspecified atom stereocenters. The summed E-state index contributed by atoms with van der Waals surface area (Å²) in [5.74, 6) is 1.16. The number of nitrogens with zero attached hydrogens (tertiary/aromatic N) is 3. The van der Waals surface area contributed by atoms with Crippen LogP contribution in [-0.4, -0.2) is 40.8 Å². The molecule has 0 amide bonds. The van der Waals surface area contributed by atoms with Crippen LogP contribution in [0.15, 0.2) is 24.3 Å². The molecule has 0 N–H and O–H groups in total. The number of fused-ring (bicyclic) bond motifs is 3. The van der Waals surface area contributed by atoms with Gasteiger partial charge in [0, 0.05) is 12.7 Å². The third-order valence-corrected chi connectivity index (χ3v) is 4.65. The number of para-hydroxylation sites is 2. The zero-order valence-electron chi connectivity index (χ0n) is 16.2. The monoisotopic (exact) mass is 371 g/mol. The average Bonchev–Trinajstić information content (AvgIpc) is 3.05. The SMILES string of the molecule is CCc1c(C(C)CC)nc2nc3ccccc3n2c1OC(=O)OCCOC. The van der Waals surface area contributed by atoms with Gasteiger partial charge in [-0.1, -0.05) is 32.9 Å². The smallest absolute Gasteiger partial charge is 0.431 e. The van der Waals surface area contributed by atoms with Crippen molar-refractivity contribution in [2.75, 3.05) is 20.3 Å². The predicted octanol–water partition coefficient (Wildman–Crippen LogP) is 4.12. The maximum absolute atomic E-state index is 12.3. The topological polar surface area (TPSA) is 75.0 Å². The Morgan fingerprint density at radius 1 is 1.19 bits per heavy atom. The van der Waals surface area contributed by atoms with Gasteiger partial charge < -0.3 is 14.2 Å². The van der Waals surface area contributed by atoms with Gasteiger partial charge in [0.2, 0.25) is 11.7 Å². The predicted molar refractivity (Wildman–Crippen MR) is 102 cm³/mol. The Hall–Kier alpha value is -2.67. The molecule has 27 heavy (non-hydrogen) atoms. The third-order valence-electron chi connectivity index (χ3n) is 4.65. The number of hydrogen-bond donors (Lipinski definition) is 0. The molecule has 1 atom stereocenters. The van der Waals surface area contributed by atoms with Crippen LogP contribution >= 0.6 is 0 Å². The molecule has 3 rings (SSSR count). The summed E-state index contributed by atoms with van der Waals surface area (Å²) in [7, 11) is 1.55. The summed E-state index contributed by atoms with van der Waals surface area (Å²) in [5, 5.41) is 0. The molecule has 0 aliphatic heterocycles. The van der Waals surface area contributed by atoms with Crippen LogP contribution < -0.4 is 4.74 Å². The maximum atomic E-state index is 12.3. The third kappa shape index (κ3) is 3.73. The molecular formula is C20H25N3O4. The summed E-state index contributed by atoms with van der Waals surface area (Å²) < 4.78 is 17.5. The van der Waals surface area contributed by atoms with Crippen molar-refractivity contribution in [3.05, 3.63) is 35.5 Å². The summed E-state index contributed by atoms with van der Waals surface area (Å²) in [6.07, 6.45) is 0.839. The highest BCUT2D eigenvalue weighted by molar-refractivity contribution is 5.81. The molecule has 0 bridgehead atoms. The quantitative estimate of drug-likeness (QED) is 0.459. The molecule has 0 fully saturated rings. The van der Waals surface area contributed by atoms with Crippen molar-refractivity contribution in [2.24, 2.45) is 0 Å². The van der Waals surface area contributed by atoms with E-state index in [0.29, 0.717) is 24.7 Å². The van der Waals surface area contributed by atoms with Crippen LogP contribution in [0, 0.1) is 0 Å². The second kappa shape index (κ2) is 8.35. The Morgan fingerprint density at radius 3 is 2.67 bits per heavy atom. The summed E-state index contributed by atoms with van der Waals surface area (Å²) in [6, 6.07) is 7.69. The highest BCUT2D eigenvalue weighted by atomic mass is 16.7. The molecule has 7 heteroatoms. The Balaban J connectivity index is 2.18. The first-order chi connectivity index (χ1) is 13.1. The Kier molecular flexibility index (Phi) is 5.91. The van der Waals surface area contributed by atoms with Gasteiger partial charge in [-0.25, -0.2) is 19.2 Å². The van der Waals surface area contributed by atoms with Crippen LogP contribution in [-0.2, 0) is 15.9 Å². The zero-order chi connectivity index (χ0) is 19.4. The molecule has 144 valence electrons. The standard InChI is InChI=1S/C20H25N3O4/c1-5-13(3)17-14(6-2)18(27-20(24)26-12-11-25-4)23-16-10-8-7-9-15(16)21-19(23)22-17/h7-10,13H,5-6,11-12H2,1-4H3. The fourth-order valence-corrected chi connectivity index (χ4v) is 3.07. The lowest BCUT2D eigenvalue weighted by Gasteiger charge is -2.18. The molecule has 2 heterocycles. The van der Waals surface area contributed by atoms with E-state index in [1.165, 1.54) is 0 Å². The molecular weight excluding hydrogens is 346 g/mol. The van der Waals surface area contributed by atoms with E-state index in [1.807, 2.05) is 31.2 Å². The summed E-state index contributed by atoms with van der Waals surface area (Å²) in [5.41, 5.74) is 3.43. The van der Waals surface area contributed by atoms with E-state index in [9.17, 15) is 4.79 Å². The summed E-state index contributed by atoms with van der Waals surface area (Å²) in [4.78, 5) is 21.7. The van der Waals surface area contributed by atoms with Crippen molar-refractivity contribution >= 4 is 23.0 Å². The number of aromatic nitrogens is 3. The number of hydrogen-bond acceptors (Lipinski definition) is 6. The molecule has 3 aromatic rings. The lowest BCUT2D eigenvalue weighted by atomic mass is 9.99. The maximum Gasteiger partial charge on any atom is 0.515 e. The largest absolute Gasteiger partial charge is 0.515 e. The van der Waals surface area contributed by atoms with Gasteiger partial charge in [-0.3, -0.25) is 0 Å². The van der Waals surface area contributed by atoms with E-state index in [4.69, 9.17) is 19.2 Å². The first-order valence-electron chi connectivity index (χ1n) is 9.24. The lowest BCUT2D eigenvalue weighted by molar-refractivity contribution is 0.0670. The van der Waals surface area contributed by atoms with Gasteiger partial charge in [-0.15, -0.1) is 0 Å². The fourth-order valence-electron chi connectivity index (χ4n) is 3.07. The summed E-state index contributed by atoms with van der Waals surface area (Å²) in [6.45, 7) is 6.69. The highest BCUT2D eigenvalue weighted by Crippen LogP contribution is 2.32. The van der Waals surface area contributed by atoms with Crippen LogP contribution in [0.1, 0.15) is 44.4 Å². The second-order valence-corrected chi connectivity index (χ2v) is 6.37. The highest BCUT2D eigenvalue weighted by Gasteiger charge is 2.23. The average molecular weight is 371 g/mol. The number of carbonyl (C=O) groups is 1. The van der Waals surface area contributed by atoms with Gasteiger partial charge in [0.15, 0.2) is 0 Å². The molecule has 0 spiro atoms. The normalized spacial score (nSPS) is 12.4. The van der Waals surface area contributed by atoms with E-state index in [1.54, 1.807) is 11.5 Å². The number of benzene rings is 1. The van der Waals surface area contributed by atoms with Crippen LogP contribution in [0.5, 0.6) is 5.88 Å². The fraction of sp³-hybridized carbons (Fsp3) is 0.450. The van der Waals surface area contributed by atoms with E-state index in [0.717, 1.165) is 28.7 Å². The minimum Gasteiger partial charge on any atom is -0.431 e. The Bertz CT molecular complexity index is 951. The number of imidazole rings is 1. The van der Waals surface area contributed by atoms with Crippen LogP contribution in [0.2, 0.25) is 0 Å². The number of carbonyl (C=O) groups excluding carboxylic acids is 1. The Morgan fingerprint density at radius 2 is 1.96 bits per heavy atom. The van der Waals surface area contributed by atoms with Crippen LogP contribution in [0.25, 0.3) is 16.8 Å². The van der Waals surface area contributed by atoms with Crippen molar-refractivity contribution in [1.29, 1.82) is 0 Å². The van der Waals surface area contributed by atoms with Crippen LogP contribution in [0.4, 0.5) is 4.79 Å². The zero-order valence-corrected chi connectivity index (χ0v) is 16.2. The summed E-state index contributed by atoms with van der Waals surface area (Å²) >= 11 is 0. The first kappa shape index (κ1) is 19.1. The second-order valence-electron chi connectivity index (χ2n) is 6.37. The van der Waals surface area contributed by atoms with Gasteiger partial charge in [0.25, 0.3) is 0 Å². The number of ether oxygens (including phenoxy) is 3. The molecule has 0 aliphatic rings. The number of methoxy groups -OCH3 is 1. The van der Waals surface area contributed by atoms with Gasteiger partial charge in [0.05, 0.1) is 23.3 Å². The van der Waals surface area contributed by atoms with Crippen molar-refractivity contribution in [3.63, 3.8) is 0 Å². The van der Waals surface area contributed by atoms with Gasteiger partial charge in [-0.2, -0.15) is 0 Å². The molecule has 0 radical (unpaired) electrons. The van der Waals surface area contributed by atoms with E-state index < -0.39 is 6.16 Å². The first-order valence-corrected chi connectivity index (χ1v) is 9.24. The van der Waals surface area contributed by atoms with E-state index >= 15 is 0 Å². The van der Waals surface area contributed by atoms with Gasteiger partial charge in [-0.05, 0) is 30.9 Å². The van der Waals surface area contributed by atoms with Gasteiger partial charge in [0.1, 0.15) is 6.61 Å². The van der Waals surface area contributed by atoms with E-state index in [-0.39, 0.29) is 12.5 Å². The minimum atomic E-state index is -0.762.